The molecule has 0 aliphatic heterocycles. The van der Waals surface area contributed by atoms with Gasteiger partial charge in [0.15, 0.2) is 0 Å². The summed E-state index contributed by atoms with van der Waals surface area (Å²) in [6.45, 7) is 0.951. The molecule has 0 aliphatic rings. The molecule has 1 heterocycles. The van der Waals surface area contributed by atoms with E-state index in [2.05, 4.69) is 4.98 Å². The molecule has 0 atom stereocenters. The molecule has 6 heteroatoms. The predicted molar refractivity (Wildman–Crippen MR) is 48.5 cm³/mol. The number of aromatic nitrogens is 1. The summed E-state index contributed by atoms with van der Waals surface area (Å²) >= 11 is 0. The van der Waals surface area contributed by atoms with E-state index < -0.39 is 17.5 Å². The van der Waals surface area contributed by atoms with Crippen molar-refractivity contribution in [2.24, 2.45) is 0 Å². The zero-order chi connectivity index (χ0) is 11.5. The second-order valence-electron chi connectivity index (χ2n) is 2.91. The fourth-order valence-electron chi connectivity index (χ4n) is 0.795. The third-order valence-corrected chi connectivity index (χ3v) is 1.76. The van der Waals surface area contributed by atoms with Crippen molar-refractivity contribution in [1.82, 2.24) is 4.98 Å². The third-order valence-electron chi connectivity index (χ3n) is 1.76. The smallest absolute Gasteiger partial charge is 0.359 e. The van der Waals surface area contributed by atoms with E-state index in [1.807, 2.05) is 0 Å². The molecule has 0 aromatic carbocycles. The van der Waals surface area contributed by atoms with Gasteiger partial charge in [0.2, 0.25) is 5.88 Å². The summed E-state index contributed by atoms with van der Waals surface area (Å²) in [6, 6.07) is 4.54. The van der Waals surface area contributed by atoms with Gasteiger partial charge in [-0.1, -0.05) is 6.07 Å². The average molecular weight is 211 g/mol. The monoisotopic (exact) mass is 211 g/mol. The van der Waals surface area contributed by atoms with Crippen molar-refractivity contribution < 1.29 is 24.5 Å². The first-order chi connectivity index (χ1) is 6.97. The van der Waals surface area contributed by atoms with E-state index in [0.29, 0.717) is 0 Å². The first kappa shape index (κ1) is 11.0. The predicted octanol–water partition coefficient (Wildman–Crippen LogP) is 0.388. The van der Waals surface area contributed by atoms with E-state index in [1.165, 1.54) is 12.3 Å². The quantitative estimate of drug-likeness (QED) is 0.699. The van der Waals surface area contributed by atoms with E-state index in [1.54, 1.807) is 12.1 Å². The first-order valence-electron chi connectivity index (χ1n) is 4.03. The minimum absolute atomic E-state index is 0.0511. The maximum absolute atomic E-state index is 10.7. The Bertz CT molecular complexity index is 361. The van der Waals surface area contributed by atoms with E-state index in [9.17, 15) is 9.59 Å². The SMILES string of the molecule is CC(Oc1ccccn1)(C(=O)O)C(=O)O. The molecule has 1 rings (SSSR count). The average Bonchev–Trinajstić information content (AvgIpc) is 2.18. The number of hydrogen-bond acceptors (Lipinski definition) is 4. The zero-order valence-corrected chi connectivity index (χ0v) is 7.88. The van der Waals surface area contributed by atoms with E-state index >= 15 is 0 Å². The molecule has 0 bridgehead atoms. The van der Waals surface area contributed by atoms with Gasteiger partial charge < -0.3 is 14.9 Å². The van der Waals surface area contributed by atoms with Gasteiger partial charge >= 0.3 is 11.9 Å². The number of carbonyl (C=O) groups is 2. The molecule has 0 aliphatic carbocycles. The molecule has 0 radical (unpaired) electrons. The molecular weight excluding hydrogens is 202 g/mol. The van der Waals surface area contributed by atoms with Crippen LogP contribution in [0.5, 0.6) is 5.88 Å². The molecule has 15 heavy (non-hydrogen) atoms. The van der Waals surface area contributed by atoms with Crippen LogP contribution in [0.25, 0.3) is 0 Å². The van der Waals surface area contributed by atoms with Crippen LogP contribution < -0.4 is 4.74 Å². The van der Waals surface area contributed by atoms with Crippen LogP contribution in [-0.4, -0.2) is 32.7 Å². The molecule has 0 amide bonds. The van der Waals surface area contributed by atoms with Gasteiger partial charge in [-0.05, 0) is 13.0 Å². The molecule has 0 spiro atoms. The van der Waals surface area contributed by atoms with Gasteiger partial charge in [0.25, 0.3) is 5.60 Å². The Kier molecular flexibility index (Phi) is 2.89. The summed E-state index contributed by atoms with van der Waals surface area (Å²) in [6.07, 6.45) is 1.37. The number of aliphatic carboxylic acids is 2. The Morgan fingerprint density at radius 1 is 1.33 bits per heavy atom. The maximum Gasteiger partial charge on any atom is 0.359 e. The van der Waals surface area contributed by atoms with E-state index in [-0.39, 0.29) is 5.88 Å². The standard InChI is InChI=1S/C9H9NO5/c1-9(7(11)12,8(13)14)15-6-4-2-3-5-10-6/h2-5H,1H3,(H,11,12)(H,13,14). The van der Waals surface area contributed by atoms with Crippen LogP contribution >= 0.6 is 0 Å². The van der Waals surface area contributed by atoms with E-state index in [0.717, 1.165) is 6.92 Å². The van der Waals surface area contributed by atoms with Crippen molar-refractivity contribution >= 4 is 11.9 Å². The molecule has 2 N–H and O–H groups in total. The highest BCUT2D eigenvalue weighted by atomic mass is 16.6. The molecule has 0 saturated heterocycles. The van der Waals surface area contributed by atoms with Crippen molar-refractivity contribution in [2.75, 3.05) is 0 Å². The molecule has 6 nitrogen and oxygen atoms in total. The van der Waals surface area contributed by atoms with Gasteiger partial charge in [-0.3, -0.25) is 0 Å². The van der Waals surface area contributed by atoms with E-state index in [4.69, 9.17) is 14.9 Å². The minimum Gasteiger partial charge on any atom is -0.478 e. The van der Waals surface area contributed by atoms with Crippen LogP contribution in [0.2, 0.25) is 0 Å². The van der Waals surface area contributed by atoms with Crippen molar-refractivity contribution in [1.29, 1.82) is 0 Å². The Balaban J connectivity index is 2.95. The number of nitrogens with zero attached hydrogens (tertiary/aromatic N) is 1. The van der Waals surface area contributed by atoms with Crippen molar-refractivity contribution in [2.45, 2.75) is 12.5 Å². The summed E-state index contributed by atoms with van der Waals surface area (Å²) in [7, 11) is 0. The van der Waals surface area contributed by atoms with Gasteiger partial charge in [-0.25, -0.2) is 14.6 Å². The number of carboxylic acids is 2. The number of carboxylic acid groups (broad SMARTS) is 2. The zero-order valence-electron chi connectivity index (χ0n) is 7.88. The van der Waals surface area contributed by atoms with Crippen LogP contribution in [0, 0.1) is 0 Å². The van der Waals surface area contributed by atoms with Gasteiger partial charge in [-0.2, -0.15) is 0 Å². The normalized spacial score (nSPS) is 10.7. The fourth-order valence-corrected chi connectivity index (χ4v) is 0.795. The highest BCUT2D eigenvalue weighted by Crippen LogP contribution is 2.16. The number of hydrogen-bond donors (Lipinski definition) is 2. The largest absolute Gasteiger partial charge is 0.478 e. The molecule has 0 unspecified atom stereocenters. The number of pyridine rings is 1. The Hall–Kier alpha value is -2.11. The van der Waals surface area contributed by atoms with Gasteiger partial charge in [0.05, 0.1) is 0 Å². The van der Waals surface area contributed by atoms with Crippen LogP contribution in [0.3, 0.4) is 0 Å². The summed E-state index contributed by atoms with van der Waals surface area (Å²) in [5.74, 6) is -3.22. The number of rotatable bonds is 4. The van der Waals surface area contributed by atoms with Crippen molar-refractivity contribution in [3.8, 4) is 5.88 Å². The number of ether oxygens (including phenoxy) is 1. The summed E-state index contributed by atoms with van der Waals surface area (Å²) in [5, 5.41) is 17.5. The van der Waals surface area contributed by atoms with Crippen molar-refractivity contribution in [3.05, 3.63) is 24.4 Å². The second kappa shape index (κ2) is 3.95. The maximum atomic E-state index is 10.7. The molecule has 0 saturated carbocycles. The summed E-state index contributed by atoms with van der Waals surface area (Å²) < 4.78 is 4.81. The fraction of sp³-hybridized carbons (Fsp3) is 0.222. The summed E-state index contributed by atoms with van der Waals surface area (Å²) in [5.41, 5.74) is -2.33. The highest BCUT2D eigenvalue weighted by molar-refractivity contribution is 6.01. The van der Waals surface area contributed by atoms with Crippen molar-refractivity contribution in [3.63, 3.8) is 0 Å². The van der Waals surface area contributed by atoms with Gasteiger partial charge in [0, 0.05) is 12.3 Å². The summed E-state index contributed by atoms with van der Waals surface area (Å²) in [4.78, 5) is 25.1. The third kappa shape index (κ3) is 2.22. The molecule has 1 aromatic heterocycles. The topological polar surface area (TPSA) is 96.7 Å². The lowest BCUT2D eigenvalue weighted by molar-refractivity contribution is -0.170. The van der Waals surface area contributed by atoms with Crippen LogP contribution in [0.15, 0.2) is 24.4 Å². The Morgan fingerprint density at radius 2 is 1.93 bits per heavy atom. The van der Waals surface area contributed by atoms with Gasteiger partial charge in [-0.15, -0.1) is 0 Å². The second-order valence-corrected chi connectivity index (χ2v) is 2.91. The Morgan fingerprint density at radius 3 is 2.33 bits per heavy atom. The molecule has 80 valence electrons. The highest BCUT2D eigenvalue weighted by Gasteiger charge is 2.44. The lowest BCUT2D eigenvalue weighted by atomic mass is 10.1. The van der Waals surface area contributed by atoms with Crippen LogP contribution in [0.1, 0.15) is 6.92 Å². The molecule has 1 aromatic rings. The van der Waals surface area contributed by atoms with Crippen LogP contribution in [-0.2, 0) is 9.59 Å². The van der Waals surface area contributed by atoms with Crippen LogP contribution in [0.4, 0.5) is 0 Å². The minimum atomic E-state index is -2.33. The lowest BCUT2D eigenvalue weighted by Gasteiger charge is -2.20. The van der Waals surface area contributed by atoms with Gasteiger partial charge in [0.1, 0.15) is 0 Å². The molecule has 0 fully saturated rings. The Labute approximate surface area is 85.1 Å². The first-order valence-corrected chi connectivity index (χ1v) is 4.03. The molecular formula is C9H9NO5. The lowest BCUT2D eigenvalue weighted by Crippen LogP contribution is -2.49.